The van der Waals surface area contributed by atoms with Crippen molar-refractivity contribution >= 4 is 51.4 Å². The van der Waals surface area contributed by atoms with Gasteiger partial charge >= 0.3 is 0 Å². The summed E-state index contributed by atoms with van der Waals surface area (Å²) in [7, 11) is 0. The number of ketones is 1. The van der Waals surface area contributed by atoms with Gasteiger partial charge in [-0.15, -0.1) is 0 Å². The van der Waals surface area contributed by atoms with Gasteiger partial charge in [0.15, 0.2) is 5.78 Å². The first-order chi connectivity index (χ1) is 16.5. The molecule has 0 atom stereocenters. The molecular formula is C25H25N7O3. The number of carbonyl (C=O) groups excluding carboxylic acids is 2. The highest BCUT2D eigenvalue weighted by molar-refractivity contribution is 6.03. The number of aromatic amines is 1. The molecule has 2 aromatic heterocycles. The zero-order valence-electron chi connectivity index (χ0n) is 18.3. The van der Waals surface area contributed by atoms with Gasteiger partial charge in [-0.3, -0.25) is 14.7 Å². The van der Waals surface area contributed by atoms with Crippen LogP contribution in [-0.4, -0.2) is 45.0 Å². The highest BCUT2D eigenvalue weighted by Gasteiger charge is 2.23. The van der Waals surface area contributed by atoms with Crippen molar-refractivity contribution in [2.24, 2.45) is 0 Å². The number of fused-ring (bicyclic) bond motifs is 2. The summed E-state index contributed by atoms with van der Waals surface area (Å²) in [6, 6.07) is 11.1. The Balaban J connectivity index is 0.00000289. The number of aromatic nitrogens is 4. The maximum Gasteiger partial charge on any atom is 0.250 e. The number of rotatable bonds is 6. The molecule has 0 saturated carbocycles. The number of hydrogen-bond donors (Lipinski definition) is 3. The van der Waals surface area contributed by atoms with E-state index in [-0.39, 0.29) is 19.1 Å². The number of ether oxygens (including phenoxy) is 1. The van der Waals surface area contributed by atoms with Crippen LogP contribution in [0.25, 0.3) is 10.9 Å². The first-order valence-corrected chi connectivity index (χ1v) is 10.6. The largest absolute Gasteiger partial charge is 0.490 e. The first-order valence-electron chi connectivity index (χ1n) is 10.6. The van der Waals surface area contributed by atoms with E-state index in [9.17, 15) is 9.59 Å². The summed E-state index contributed by atoms with van der Waals surface area (Å²) in [5.41, 5.74) is 3.29. The van der Waals surface area contributed by atoms with Gasteiger partial charge in [0.2, 0.25) is 5.95 Å². The Kier molecular flexibility index (Phi) is 6.45. The fraction of sp³-hybridized carbons (Fsp3) is 0.160. The van der Waals surface area contributed by atoms with Crippen LogP contribution in [0.3, 0.4) is 0 Å². The lowest BCUT2D eigenvalue weighted by molar-refractivity contribution is -0.114. The fourth-order valence-corrected chi connectivity index (χ4v) is 3.72. The molecule has 0 aliphatic carbocycles. The van der Waals surface area contributed by atoms with Crippen molar-refractivity contribution in [3.05, 3.63) is 67.0 Å². The number of Topliss-reactive ketones (excluding diaryl/α,β-unsaturated/α-hetero) is 1. The van der Waals surface area contributed by atoms with E-state index >= 15 is 0 Å². The Morgan fingerprint density at radius 3 is 2.74 bits per heavy atom. The molecule has 0 radical (unpaired) electrons. The van der Waals surface area contributed by atoms with Gasteiger partial charge < -0.3 is 20.3 Å². The Labute approximate surface area is 202 Å². The highest BCUT2D eigenvalue weighted by Crippen LogP contribution is 2.35. The number of nitrogens with zero attached hydrogens (tertiary/aromatic N) is 4. The molecule has 1 aliphatic rings. The van der Waals surface area contributed by atoms with Crippen LogP contribution in [0.1, 0.15) is 24.7 Å². The maximum absolute atomic E-state index is 12.3. The predicted octanol–water partition coefficient (Wildman–Crippen LogP) is 4.59. The number of hydrogen-bond acceptors (Lipinski definition) is 8. The van der Waals surface area contributed by atoms with Crippen molar-refractivity contribution in [3.63, 3.8) is 0 Å². The Morgan fingerprint density at radius 2 is 1.94 bits per heavy atom. The lowest BCUT2D eigenvalue weighted by Gasteiger charge is -2.29. The van der Waals surface area contributed by atoms with Crippen LogP contribution in [-0.2, 0) is 4.79 Å². The minimum Gasteiger partial charge on any atom is -0.490 e. The van der Waals surface area contributed by atoms with E-state index in [1.807, 2.05) is 18.2 Å². The summed E-state index contributed by atoms with van der Waals surface area (Å²) in [6.45, 7) is 5.85. The number of H-pyrrole nitrogens is 1. The molecule has 2 aromatic carbocycles. The summed E-state index contributed by atoms with van der Waals surface area (Å²) >= 11 is 0. The van der Waals surface area contributed by atoms with Crippen molar-refractivity contribution in [1.29, 1.82) is 0 Å². The van der Waals surface area contributed by atoms with Crippen LogP contribution in [0.2, 0.25) is 0 Å². The molecule has 178 valence electrons. The van der Waals surface area contributed by atoms with Crippen LogP contribution < -0.4 is 20.3 Å². The lowest BCUT2D eigenvalue weighted by Crippen LogP contribution is -2.36. The molecule has 3 N–H and O–H groups in total. The molecular weight excluding hydrogens is 446 g/mol. The van der Waals surface area contributed by atoms with Gasteiger partial charge in [-0.1, -0.05) is 14.0 Å². The fourth-order valence-electron chi connectivity index (χ4n) is 3.72. The Bertz CT molecular complexity index is 1430. The van der Waals surface area contributed by atoms with Gasteiger partial charge in [-0.2, -0.15) is 10.1 Å². The van der Waals surface area contributed by atoms with Crippen LogP contribution >= 0.6 is 0 Å². The average Bonchev–Trinajstić information content (AvgIpc) is 3.31. The predicted molar refractivity (Wildman–Crippen MR) is 136 cm³/mol. The van der Waals surface area contributed by atoms with E-state index in [4.69, 9.17) is 4.74 Å². The summed E-state index contributed by atoms with van der Waals surface area (Å²) in [5, 5.41) is 14.2. The topological polar surface area (TPSA) is 125 Å². The molecule has 0 spiro atoms. The standard InChI is InChI=1S/C24H21N7O3.CH4/c1-3-22(33)31-8-9-34-21-7-5-17(11-20(21)31)27-23-18(14(2)32)13-25-24(29-23)28-16-4-6-19-15(10-16)12-26-30-19;/h3-7,10-13H,1,8-9H2,2H3,(H,26,30)(H2,25,27,28,29);1H4. The van der Waals surface area contributed by atoms with Crippen LogP contribution in [0.15, 0.2) is 61.4 Å². The number of benzene rings is 2. The molecule has 3 heterocycles. The van der Waals surface area contributed by atoms with Crippen molar-refractivity contribution < 1.29 is 14.3 Å². The first kappa shape index (κ1) is 23.4. The van der Waals surface area contributed by atoms with E-state index < -0.39 is 0 Å². The molecule has 35 heavy (non-hydrogen) atoms. The molecule has 1 aliphatic heterocycles. The molecule has 10 nitrogen and oxygen atoms in total. The quantitative estimate of drug-likeness (QED) is 0.275. The van der Waals surface area contributed by atoms with E-state index in [2.05, 4.69) is 37.4 Å². The van der Waals surface area contributed by atoms with Crippen molar-refractivity contribution in [1.82, 2.24) is 20.2 Å². The van der Waals surface area contributed by atoms with Gasteiger partial charge in [0.1, 0.15) is 18.2 Å². The Morgan fingerprint density at radius 1 is 1.14 bits per heavy atom. The normalized spacial score (nSPS) is 12.2. The molecule has 5 rings (SSSR count). The van der Waals surface area contributed by atoms with E-state index in [1.165, 1.54) is 19.2 Å². The third-order valence-electron chi connectivity index (χ3n) is 5.39. The maximum atomic E-state index is 12.3. The van der Waals surface area contributed by atoms with Gasteiger partial charge in [0, 0.05) is 23.0 Å². The Hall–Kier alpha value is -4.73. The average molecular weight is 472 g/mol. The zero-order chi connectivity index (χ0) is 23.7. The van der Waals surface area contributed by atoms with Crippen molar-refractivity contribution in [2.75, 3.05) is 28.7 Å². The SMILES string of the molecule is C.C=CC(=O)N1CCOc2ccc(Nc3nc(Nc4ccc5[nH]ncc5c4)ncc3C(C)=O)cc21. The molecule has 0 bridgehead atoms. The van der Waals surface area contributed by atoms with Gasteiger partial charge in [-0.25, -0.2) is 4.98 Å². The van der Waals surface area contributed by atoms with Gasteiger partial charge in [0.05, 0.1) is 29.5 Å². The molecule has 0 saturated heterocycles. The smallest absolute Gasteiger partial charge is 0.250 e. The van der Waals surface area contributed by atoms with Crippen LogP contribution in [0.4, 0.5) is 28.8 Å². The number of anilines is 5. The molecule has 0 fully saturated rings. The highest BCUT2D eigenvalue weighted by atomic mass is 16.5. The second kappa shape index (κ2) is 9.64. The van der Waals surface area contributed by atoms with E-state index in [0.717, 1.165) is 16.6 Å². The summed E-state index contributed by atoms with van der Waals surface area (Å²) < 4.78 is 5.67. The van der Waals surface area contributed by atoms with Crippen molar-refractivity contribution in [3.8, 4) is 5.75 Å². The monoisotopic (exact) mass is 471 g/mol. The van der Waals surface area contributed by atoms with Gasteiger partial charge in [-0.05, 0) is 49.4 Å². The number of nitrogens with one attached hydrogen (secondary N) is 3. The zero-order valence-corrected chi connectivity index (χ0v) is 18.3. The van der Waals surface area contributed by atoms with Crippen LogP contribution in [0, 0.1) is 0 Å². The number of carbonyl (C=O) groups is 2. The summed E-state index contributed by atoms with van der Waals surface area (Å²) in [5.74, 6) is 0.860. The minimum atomic E-state index is -0.214. The molecule has 4 aromatic rings. The van der Waals surface area contributed by atoms with E-state index in [0.29, 0.717) is 47.6 Å². The second-order valence-electron chi connectivity index (χ2n) is 7.66. The van der Waals surface area contributed by atoms with E-state index in [1.54, 1.807) is 29.3 Å². The molecule has 0 unspecified atom stereocenters. The second-order valence-corrected chi connectivity index (χ2v) is 7.66. The third-order valence-corrected chi connectivity index (χ3v) is 5.39. The number of amides is 1. The van der Waals surface area contributed by atoms with Gasteiger partial charge in [0.25, 0.3) is 5.91 Å². The molecule has 1 amide bonds. The lowest BCUT2D eigenvalue weighted by atomic mass is 10.2. The van der Waals surface area contributed by atoms with Crippen molar-refractivity contribution in [2.45, 2.75) is 14.4 Å². The van der Waals surface area contributed by atoms with Crippen LogP contribution in [0.5, 0.6) is 5.75 Å². The third kappa shape index (κ3) is 4.67. The summed E-state index contributed by atoms with van der Waals surface area (Å²) in [4.78, 5) is 34.9. The molecule has 10 heteroatoms. The summed E-state index contributed by atoms with van der Waals surface area (Å²) in [6.07, 6.45) is 4.48. The minimum absolute atomic E-state index is 0.